The van der Waals surface area contributed by atoms with Crippen molar-refractivity contribution in [3.05, 3.63) is 75.8 Å². The molecule has 28 heavy (non-hydrogen) atoms. The number of hydrazone groups is 1. The van der Waals surface area contributed by atoms with Crippen LogP contribution in [0.1, 0.15) is 18.1 Å². The number of hydrogen-bond donors (Lipinski definition) is 2. The van der Waals surface area contributed by atoms with Gasteiger partial charge in [0.05, 0.1) is 16.3 Å². The molecule has 0 aromatic heterocycles. The molecule has 0 aliphatic carbocycles. The minimum absolute atomic E-state index is 0.368. The Balaban J connectivity index is 1.72. The monoisotopic (exact) mass is 431 g/mol. The maximum Gasteiger partial charge on any atom is 0.186 e. The summed E-state index contributed by atoms with van der Waals surface area (Å²) in [5, 5.41) is 10.6. The van der Waals surface area contributed by atoms with Crippen LogP contribution in [-0.4, -0.2) is 17.9 Å². The summed E-state index contributed by atoms with van der Waals surface area (Å²) in [4.78, 5) is 0. The summed E-state index contributed by atoms with van der Waals surface area (Å²) < 4.78 is 5.94. The molecule has 0 unspecified atom stereocenters. The van der Waals surface area contributed by atoms with E-state index in [1.165, 1.54) is 0 Å². The van der Waals surface area contributed by atoms with Crippen molar-refractivity contribution in [3.8, 4) is 5.75 Å². The average molecular weight is 432 g/mol. The largest absolute Gasteiger partial charge is 0.486 e. The number of thiocarbonyl (C=S) groups is 1. The molecule has 0 saturated heterocycles. The van der Waals surface area contributed by atoms with E-state index in [4.69, 9.17) is 40.2 Å². The van der Waals surface area contributed by atoms with Gasteiger partial charge >= 0.3 is 0 Å². The normalized spacial score (nSPS) is 11.0. The van der Waals surface area contributed by atoms with Crippen molar-refractivity contribution in [1.29, 1.82) is 0 Å². The van der Waals surface area contributed by atoms with Gasteiger partial charge in [-0.1, -0.05) is 65.7 Å². The Bertz CT molecular complexity index is 995. The van der Waals surface area contributed by atoms with Crippen LogP contribution in [0.5, 0.6) is 5.75 Å². The third-order valence-electron chi connectivity index (χ3n) is 3.99. The molecule has 0 amide bonds. The lowest BCUT2D eigenvalue weighted by Gasteiger charge is -2.12. The van der Waals surface area contributed by atoms with E-state index < -0.39 is 0 Å². The Kier molecular flexibility index (Phi) is 7.09. The van der Waals surface area contributed by atoms with Gasteiger partial charge in [0.1, 0.15) is 6.61 Å². The number of hydrogen-bond acceptors (Lipinski definition) is 3. The number of nitrogens with zero attached hydrogens (tertiary/aromatic N) is 1. The highest BCUT2D eigenvalue weighted by Gasteiger charge is 2.10. The number of benzene rings is 3. The van der Waals surface area contributed by atoms with Crippen LogP contribution < -0.4 is 15.5 Å². The first kappa shape index (κ1) is 20.4. The molecule has 3 aromatic rings. The van der Waals surface area contributed by atoms with Gasteiger partial charge in [0.2, 0.25) is 0 Å². The lowest BCUT2D eigenvalue weighted by molar-refractivity contribution is 0.308. The van der Waals surface area contributed by atoms with Gasteiger partial charge in [0, 0.05) is 6.54 Å². The average Bonchev–Trinajstić information content (AvgIpc) is 2.67. The zero-order valence-corrected chi connectivity index (χ0v) is 17.5. The minimum atomic E-state index is 0.368. The third kappa shape index (κ3) is 5.13. The lowest BCUT2D eigenvalue weighted by Crippen LogP contribution is -2.31. The third-order valence-corrected chi connectivity index (χ3v) is 4.79. The first-order valence-corrected chi connectivity index (χ1v) is 9.90. The number of rotatable bonds is 6. The van der Waals surface area contributed by atoms with E-state index in [9.17, 15) is 0 Å². The van der Waals surface area contributed by atoms with Crippen LogP contribution in [0.2, 0.25) is 10.0 Å². The molecular weight excluding hydrogens is 413 g/mol. The van der Waals surface area contributed by atoms with Crippen molar-refractivity contribution in [2.24, 2.45) is 5.10 Å². The van der Waals surface area contributed by atoms with Crippen molar-refractivity contribution in [3.63, 3.8) is 0 Å². The Labute approximate surface area is 179 Å². The molecule has 3 rings (SSSR count). The quantitative estimate of drug-likeness (QED) is 0.305. The summed E-state index contributed by atoms with van der Waals surface area (Å²) in [6.45, 7) is 3.04. The van der Waals surface area contributed by atoms with Crippen molar-refractivity contribution in [2.75, 3.05) is 6.54 Å². The molecule has 0 heterocycles. The van der Waals surface area contributed by atoms with Crippen LogP contribution in [-0.2, 0) is 6.61 Å². The molecule has 0 spiro atoms. The topological polar surface area (TPSA) is 45.7 Å². The van der Waals surface area contributed by atoms with E-state index in [2.05, 4.69) is 34.0 Å². The zero-order chi connectivity index (χ0) is 19.9. The fourth-order valence-corrected chi connectivity index (χ4v) is 3.54. The van der Waals surface area contributed by atoms with Crippen LogP contribution in [0.4, 0.5) is 0 Å². The molecule has 0 aliphatic rings. The molecule has 0 saturated carbocycles. The molecule has 0 atom stereocenters. The summed E-state index contributed by atoms with van der Waals surface area (Å²) in [6, 6.07) is 17.8. The molecule has 7 heteroatoms. The lowest BCUT2D eigenvalue weighted by atomic mass is 10.1. The van der Waals surface area contributed by atoms with E-state index >= 15 is 0 Å². The zero-order valence-electron chi connectivity index (χ0n) is 15.2. The van der Waals surface area contributed by atoms with Gasteiger partial charge in [0.25, 0.3) is 0 Å². The molecule has 3 aromatic carbocycles. The number of halogens is 2. The molecule has 0 radical (unpaired) electrons. The van der Waals surface area contributed by atoms with Crippen molar-refractivity contribution in [1.82, 2.24) is 10.7 Å². The standard InChI is InChI=1S/C21H19Cl2N3OS/c1-2-24-21(28)26-25-12-14-10-18(22)20(19(23)11-14)27-13-16-8-5-7-15-6-3-4-9-17(15)16/h3-12H,2,13H2,1H3,(H2,24,26,28). The highest BCUT2D eigenvalue weighted by molar-refractivity contribution is 7.80. The fourth-order valence-electron chi connectivity index (χ4n) is 2.73. The minimum Gasteiger partial charge on any atom is -0.486 e. The van der Waals surface area contributed by atoms with Crippen LogP contribution in [0.3, 0.4) is 0 Å². The van der Waals surface area contributed by atoms with E-state index in [0.717, 1.165) is 28.4 Å². The van der Waals surface area contributed by atoms with E-state index in [1.54, 1.807) is 18.3 Å². The second kappa shape index (κ2) is 9.73. The molecule has 0 fully saturated rings. The Morgan fingerprint density at radius 3 is 2.57 bits per heavy atom. The van der Waals surface area contributed by atoms with Gasteiger partial charge in [-0.25, -0.2) is 0 Å². The Morgan fingerprint density at radius 1 is 1.11 bits per heavy atom. The van der Waals surface area contributed by atoms with Gasteiger partial charge in [-0.05, 0) is 53.2 Å². The van der Waals surface area contributed by atoms with Crippen molar-refractivity contribution >= 4 is 57.5 Å². The van der Waals surface area contributed by atoms with Gasteiger partial charge < -0.3 is 10.1 Å². The molecule has 0 aliphatic heterocycles. The van der Waals surface area contributed by atoms with Gasteiger partial charge in [-0.15, -0.1) is 0 Å². The van der Waals surface area contributed by atoms with E-state index in [-0.39, 0.29) is 0 Å². The number of ether oxygens (including phenoxy) is 1. The first-order chi connectivity index (χ1) is 13.6. The first-order valence-electron chi connectivity index (χ1n) is 8.74. The second-order valence-electron chi connectivity index (χ2n) is 5.97. The van der Waals surface area contributed by atoms with Gasteiger partial charge in [0.15, 0.2) is 10.9 Å². The summed E-state index contributed by atoms with van der Waals surface area (Å²) in [5.74, 6) is 0.449. The Hall–Kier alpha value is -2.34. The summed E-state index contributed by atoms with van der Waals surface area (Å²) in [6.07, 6.45) is 1.59. The SMILES string of the molecule is CCNC(=S)NN=Cc1cc(Cl)c(OCc2cccc3ccccc23)c(Cl)c1. The van der Waals surface area contributed by atoms with E-state index in [1.807, 2.05) is 31.2 Å². The maximum atomic E-state index is 6.38. The highest BCUT2D eigenvalue weighted by Crippen LogP contribution is 2.35. The predicted molar refractivity (Wildman–Crippen MR) is 122 cm³/mol. The predicted octanol–water partition coefficient (Wildman–Crippen LogP) is 5.54. The van der Waals surface area contributed by atoms with Gasteiger partial charge in [-0.2, -0.15) is 5.10 Å². The molecule has 0 bridgehead atoms. The summed E-state index contributed by atoms with van der Waals surface area (Å²) >= 11 is 17.8. The summed E-state index contributed by atoms with van der Waals surface area (Å²) in [7, 11) is 0. The van der Waals surface area contributed by atoms with Crippen molar-refractivity contribution < 1.29 is 4.74 Å². The molecule has 144 valence electrons. The maximum absolute atomic E-state index is 6.38. The number of nitrogens with one attached hydrogen (secondary N) is 2. The Morgan fingerprint density at radius 2 is 1.82 bits per heavy atom. The molecule has 4 nitrogen and oxygen atoms in total. The molecule has 2 N–H and O–H groups in total. The van der Waals surface area contributed by atoms with Crippen LogP contribution in [0.15, 0.2) is 59.7 Å². The second-order valence-corrected chi connectivity index (χ2v) is 7.19. The van der Waals surface area contributed by atoms with Gasteiger partial charge in [-0.3, -0.25) is 5.43 Å². The fraction of sp³-hybridized carbons (Fsp3) is 0.143. The van der Waals surface area contributed by atoms with Crippen LogP contribution >= 0.6 is 35.4 Å². The van der Waals surface area contributed by atoms with Crippen LogP contribution in [0.25, 0.3) is 10.8 Å². The van der Waals surface area contributed by atoms with Crippen LogP contribution in [0, 0.1) is 0 Å². The smallest absolute Gasteiger partial charge is 0.186 e. The number of fused-ring (bicyclic) bond motifs is 1. The van der Waals surface area contributed by atoms with Crippen molar-refractivity contribution in [2.45, 2.75) is 13.5 Å². The van der Waals surface area contributed by atoms with E-state index in [0.29, 0.717) is 27.5 Å². The highest BCUT2D eigenvalue weighted by atomic mass is 35.5. The summed E-state index contributed by atoms with van der Waals surface area (Å²) in [5.41, 5.74) is 4.52. The molecular formula is C21H19Cl2N3OS.